The molecule has 1 radical (unpaired) electrons. The van der Waals surface area contributed by atoms with Crippen molar-refractivity contribution in [3.63, 3.8) is 0 Å². The van der Waals surface area contributed by atoms with Crippen molar-refractivity contribution in [2.45, 2.75) is 45.4 Å². The quantitative estimate of drug-likeness (QED) is 0.502. The fraction of sp³-hybridized carbons (Fsp3) is 0.400. The van der Waals surface area contributed by atoms with E-state index >= 15 is 0 Å². The van der Waals surface area contributed by atoms with Gasteiger partial charge in [-0.3, -0.25) is 0 Å². The van der Waals surface area contributed by atoms with Gasteiger partial charge in [-0.2, -0.15) is 0 Å². The van der Waals surface area contributed by atoms with Crippen molar-refractivity contribution < 1.29 is 13.5 Å². The summed E-state index contributed by atoms with van der Waals surface area (Å²) in [5.41, 5.74) is 0.867. The second-order valence-corrected chi connectivity index (χ2v) is 5.67. The van der Waals surface area contributed by atoms with Gasteiger partial charge >= 0.3 is 0 Å². The van der Waals surface area contributed by atoms with Gasteiger partial charge < -0.3 is 4.74 Å². The van der Waals surface area contributed by atoms with E-state index in [1.807, 2.05) is 0 Å². The largest absolute Gasteiger partial charge is 0.491 e. The number of rotatable bonds is 9. The summed E-state index contributed by atoms with van der Waals surface area (Å²) in [6, 6.07) is 11.7. The van der Waals surface area contributed by atoms with E-state index in [-0.39, 0.29) is 5.75 Å². The van der Waals surface area contributed by atoms with E-state index in [0.717, 1.165) is 12.8 Å². The average Bonchev–Trinajstić information content (AvgIpc) is 2.56. The minimum atomic E-state index is -0.458. The number of unbranched alkanes of at least 4 members (excludes halogenated alkanes) is 5. The highest BCUT2D eigenvalue weighted by molar-refractivity contribution is 5.64. The summed E-state index contributed by atoms with van der Waals surface area (Å²) >= 11 is 0. The molecule has 2 aromatic rings. The van der Waals surface area contributed by atoms with Gasteiger partial charge in [0.2, 0.25) is 0 Å². The maximum Gasteiger partial charge on any atom is 0.165 e. The van der Waals surface area contributed by atoms with Crippen LogP contribution in [0, 0.1) is 17.7 Å². The maximum absolute atomic E-state index is 14.1. The molecule has 0 aromatic heterocycles. The molecule has 2 rings (SSSR count). The number of benzene rings is 2. The fourth-order valence-corrected chi connectivity index (χ4v) is 2.49. The Bertz CT molecular complexity index is 610. The molecule has 0 saturated heterocycles. The molecule has 0 unspecified atom stereocenters. The lowest BCUT2D eigenvalue weighted by Crippen LogP contribution is -1.99. The number of hydrogen-bond acceptors (Lipinski definition) is 1. The zero-order chi connectivity index (χ0) is 16.5. The number of ether oxygens (including phenoxy) is 1. The van der Waals surface area contributed by atoms with Crippen molar-refractivity contribution in [1.82, 2.24) is 0 Å². The third kappa shape index (κ3) is 5.34. The van der Waals surface area contributed by atoms with Gasteiger partial charge in [-0.15, -0.1) is 0 Å². The van der Waals surface area contributed by atoms with Crippen molar-refractivity contribution in [2.75, 3.05) is 6.61 Å². The Labute approximate surface area is 137 Å². The van der Waals surface area contributed by atoms with Crippen molar-refractivity contribution >= 4 is 0 Å². The first-order chi connectivity index (χ1) is 11.2. The Kier molecular flexibility index (Phi) is 7.05. The smallest absolute Gasteiger partial charge is 0.165 e. The lowest BCUT2D eigenvalue weighted by molar-refractivity contribution is 0.290. The van der Waals surface area contributed by atoms with E-state index in [9.17, 15) is 8.78 Å². The molecule has 23 heavy (non-hydrogen) atoms. The van der Waals surface area contributed by atoms with Crippen molar-refractivity contribution in [1.29, 1.82) is 0 Å². The monoisotopic (exact) mass is 317 g/mol. The van der Waals surface area contributed by atoms with Crippen LogP contribution in [0.1, 0.15) is 45.4 Å². The Hall–Kier alpha value is -1.90. The standard InChI is InChI=1S/C20H23F2O/c1-2-3-4-5-6-9-14-23-20-13-12-16(15-19(20)22)17-10-7-8-11-18(17)21/h7,10-13,15H,2-6,9,14H2,1H3. The van der Waals surface area contributed by atoms with Crippen LogP contribution < -0.4 is 4.74 Å². The second-order valence-electron chi connectivity index (χ2n) is 5.67. The van der Waals surface area contributed by atoms with Crippen LogP contribution in [0.4, 0.5) is 8.78 Å². The summed E-state index contributed by atoms with van der Waals surface area (Å²) in [7, 11) is 0. The van der Waals surface area contributed by atoms with Crippen LogP contribution in [-0.4, -0.2) is 6.61 Å². The van der Waals surface area contributed by atoms with Gasteiger partial charge in [0.05, 0.1) is 6.61 Å². The highest BCUT2D eigenvalue weighted by Crippen LogP contribution is 2.27. The summed E-state index contributed by atoms with van der Waals surface area (Å²) in [5, 5.41) is 0. The van der Waals surface area contributed by atoms with Gasteiger partial charge in [0.1, 0.15) is 5.82 Å². The molecule has 3 heteroatoms. The molecule has 2 aromatic carbocycles. The molecule has 0 amide bonds. The number of halogens is 2. The van der Waals surface area contributed by atoms with Gasteiger partial charge in [0, 0.05) is 5.56 Å². The van der Waals surface area contributed by atoms with Crippen LogP contribution in [0.15, 0.2) is 36.4 Å². The SMILES string of the molecule is CCCCCCCCOc1ccc(-c2cc[c]cc2F)cc1F. The molecule has 0 N–H and O–H groups in total. The fourth-order valence-electron chi connectivity index (χ4n) is 2.49. The third-order valence-corrected chi connectivity index (χ3v) is 3.81. The first-order valence-electron chi connectivity index (χ1n) is 8.30. The highest BCUT2D eigenvalue weighted by atomic mass is 19.1. The Balaban J connectivity index is 1.86. The summed E-state index contributed by atoms with van der Waals surface area (Å²) in [4.78, 5) is 0. The van der Waals surface area contributed by atoms with E-state index in [4.69, 9.17) is 4.74 Å². The van der Waals surface area contributed by atoms with Crippen molar-refractivity contribution in [2.24, 2.45) is 0 Å². The minimum absolute atomic E-state index is 0.227. The van der Waals surface area contributed by atoms with E-state index in [0.29, 0.717) is 17.7 Å². The predicted molar refractivity (Wildman–Crippen MR) is 89.5 cm³/mol. The lowest BCUT2D eigenvalue weighted by Gasteiger charge is -2.09. The zero-order valence-corrected chi connectivity index (χ0v) is 13.6. The maximum atomic E-state index is 14.1. The molecular weight excluding hydrogens is 294 g/mol. The van der Waals surface area contributed by atoms with Crippen LogP contribution in [-0.2, 0) is 0 Å². The van der Waals surface area contributed by atoms with Crippen molar-refractivity contribution in [3.8, 4) is 16.9 Å². The summed E-state index contributed by atoms with van der Waals surface area (Å²) in [6.07, 6.45) is 6.97. The number of hydrogen-bond donors (Lipinski definition) is 0. The predicted octanol–water partition coefficient (Wildman–Crippen LogP) is 6.17. The second kappa shape index (κ2) is 9.29. The molecule has 0 aliphatic carbocycles. The van der Waals surface area contributed by atoms with Gasteiger partial charge in [0.15, 0.2) is 11.6 Å². The average molecular weight is 317 g/mol. The van der Waals surface area contributed by atoms with Gasteiger partial charge in [0.25, 0.3) is 0 Å². The van der Waals surface area contributed by atoms with E-state index in [1.165, 1.54) is 37.8 Å². The van der Waals surface area contributed by atoms with Crippen molar-refractivity contribution in [3.05, 3.63) is 54.1 Å². The van der Waals surface area contributed by atoms with E-state index < -0.39 is 11.6 Å². The molecule has 123 valence electrons. The van der Waals surface area contributed by atoms with Crippen LogP contribution in [0.3, 0.4) is 0 Å². The molecule has 0 saturated carbocycles. The molecule has 0 spiro atoms. The minimum Gasteiger partial charge on any atom is -0.491 e. The van der Waals surface area contributed by atoms with Gasteiger partial charge in [-0.1, -0.05) is 57.2 Å². The molecular formula is C20H23F2O. The zero-order valence-electron chi connectivity index (χ0n) is 13.6. The molecule has 0 fully saturated rings. The molecule has 0 aliphatic heterocycles. The first kappa shape index (κ1) is 17.5. The topological polar surface area (TPSA) is 9.23 Å². The molecule has 0 bridgehead atoms. The molecule has 0 atom stereocenters. The van der Waals surface area contributed by atoms with Crippen LogP contribution >= 0.6 is 0 Å². The third-order valence-electron chi connectivity index (χ3n) is 3.81. The van der Waals surface area contributed by atoms with E-state index in [2.05, 4.69) is 13.0 Å². The summed E-state index contributed by atoms with van der Waals surface area (Å²) in [5.74, 6) is -0.640. The van der Waals surface area contributed by atoms with Gasteiger partial charge in [-0.05, 0) is 36.2 Å². The van der Waals surface area contributed by atoms with Gasteiger partial charge in [-0.25, -0.2) is 8.78 Å². The highest BCUT2D eigenvalue weighted by Gasteiger charge is 2.09. The molecule has 0 aliphatic rings. The summed E-state index contributed by atoms with van der Waals surface area (Å²) < 4.78 is 33.3. The summed E-state index contributed by atoms with van der Waals surface area (Å²) in [6.45, 7) is 2.70. The Morgan fingerprint density at radius 1 is 0.957 bits per heavy atom. The Morgan fingerprint density at radius 3 is 2.48 bits per heavy atom. The van der Waals surface area contributed by atoms with E-state index in [1.54, 1.807) is 24.3 Å². The molecule has 0 heterocycles. The van der Waals surface area contributed by atoms with Crippen LogP contribution in [0.5, 0.6) is 5.75 Å². The lowest BCUT2D eigenvalue weighted by atomic mass is 10.0. The normalized spacial score (nSPS) is 10.7. The first-order valence-corrected chi connectivity index (χ1v) is 8.30. The Morgan fingerprint density at radius 2 is 1.74 bits per heavy atom. The molecule has 1 nitrogen and oxygen atoms in total. The van der Waals surface area contributed by atoms with Crippen LogP contribution in [0.2, 0.25) is 0 Å². The van der Waals surface area contributed by atoms with Crippen LogP contribution in [0.25, 0.3) is 11.1 Å².